The average Bonchev–Trinajstić information content (AvgIpc) is 2.36. The Morgan fingerprint density at radius 3 is 3.18 bits per heavy atom. The Kier molecular flexibility index (Phi) is 1.64. The molecule has 2 heteroatoms. The van der Waals surface area contributed by atoms with E-state index in [-0.39, 0.29) is 0 Å². The fourth-order valence-electron chi connectivity index (χ4n) is 2.17. The van der Waals surface area contributed by atoms with E-state index in [0.717, 1.165) is 18.3 Å². The van der Waals surface area contributed by atoms with Gasteiger partial charge in [-0.25, -0.2) is 0 Å². The normalized spacial score (nSPS) is 32.6. The summed E-state index contributed by atoms with van der Waals surface area (Å²) in [6, 6.07) is 0.822. The number of nitrogens with two attached hydrogens (primary N) is 1. The molecule has 0 aliphatic carbocycles. The van der Waals surface area contributed by atoms with Crippen LogP contribution < -0.4 is 5.73 Å². The molecule has 0 radical (unpaired) electrons. The maximum Gasteiger partial charge on any atom is 0.0382 e. The Morgan fingerprint density at radius 1 is 1.55 bits per heavy atom. The molecule has 2 aliphatic rings. The van der Waals surface area contributed by atoms with Gasteiger partial charge in [-0.2, -0.15) is 0 Å². The molecule has 0 bridgehead atoms. The third-order valence-electron chi connectivity index (χ3n) is 2.96. The lowest BCUT2D eigenvalue weighted by atomic mass is 10.00. The van der Waals surface area contributed by atoms with E-state index in [2.05, 4.69) is 11.8 Å². The SMILES string of the molecule is CC1=C(N)CN2CCCC2C1. The molecule has 2 N–H and O–H groups in total. The fraction of sp³-hybridized carbons (Fsp3) is 0.778. The van der Waals surface area contributed by atoms with Gasteiger partial charge in [-0.3, -0.25) is 4.90 Å². The quantitative estimate of drug-likeness (QED) is 0.563. The highest BCUT2D eigenvalue weighted by Crippen LogP contribution is 2.28. The van der Waals surface area contributed by atoms with Gasteiger partial charge in [0.25, 0.3) is 0 Å². The lowest BCUT2D eigenvalue weighted by molar-refractivity contribution is 0.256. The molecule has 1 unspecified atom stereocenters. The van der Waals surface area contributed by atoms with Crippen molar-refractivity contribution in [3.05, 3.63) is 11.3 Å². The number of nitrogens with zero attached hydrogens (tertiary/aromatic N) is 1. The van der Waals surface area contributed by atoms with Crippen molar-refractivity contribution in [2.24, 2.45) is 5.73 Å². The van der Waals surface area contributed by atoms with Gasteiger partial charge in [0, 0.05) is 18.3 Å². The minimum absolute atomic E-state index is 0.822. The molecule has 1 fully saturated rings. The molecule has 0 spiro atoms. The minimum Gasteiger partial charge on any atom is -0.401 e. The number of hydrogen-bond acceptors (Lipinski definition) is 2. The number of fused-ring (bicyclic) bond motifs is 1. The molecule has 2 rings (SSSR count). The van der Waals surface area contributed by atoms with Crippen LogP contribution in [0.5, 0.6) is 0 Å². The molecule has 1 atom stereocenters. The smallest absolute Gasteiger partial charge is 0.0382 e. The van der Waals surface area contributed by atoms with E-state index in [9.17, 15) is 0 Å². The van der Waals surface area contributed by atoms with E-state index < -0.39 is 0 Å². The number of hydrogen-bond donors (Lipinski definition) is 1. The third kappa shape index (κ3) is 1.16. The molecule has 11 heavy (non-hydrogen) atoms. The Bertz CT molecular complexity index is 176. The van der Waals surface area contributed by atoms with Crippen LogP contribution in [0.2, 0.25) is 0 Å². The Balaban J connectivity index is 2.14. The average molecular weight is 152 g/mol. The molecular formula is C9H16N2. The largest absolute Gasteiger partial charge is 0.401 e. The van der Waals surface area contributed by atoms with Gasteiger partial charge >= 0.3 is 0 Å². The molecule has 62 valence electrons. The monoisotopic (exact) mass is 152 g/mol. The summed E-state index contributed by atoms with van der Waals surface area (Å²) in [4.78, 5) is 2.52. The second-order valence-electron chi connectivity index (χ2n) is 3.78. The van der Waals surface area contributed by atoms with E-state index >= 15 is 0 Å². The van der Waals surface area contributed by atoms with Crippen LogP contribution >= 0.6 is 0 Å². The van der Waals surface area contributed by atoms with Gasteiger partial charge in [0.15, 0.2) is 0 Å². The van der Waals surface area contributed by atoms with Crippen molar-refractivity contribution in [1.29, 1.82) is 0 Å². The maximum atomic E-state index is 5.87. The second kappa shape index (κ2) is 2.52. The summed E-state index contributed by atoms with van der Waals surface area (Å²) in [7, 11) is 0. The van der Waals surface area contributed by atoms with Crippen LogP contribution in [0.15, 0.2) is 11.3 Å². The van der Waals surface area contributed by atoms with Gasteiger partial charge in [-0.15, -0.1) is 0 Å². The molecular weight excluding hydrogens is 136 g/mol. The van der Waals surface area contributed by atoms with Crippen molar-refractivity contribution in [3.8, 4) is 0 Å². The summed E-state index contributed by atoms with van der Waals surface area (Å²) in [5.74, 6) is 0. The van der Waals surface area contributed by atoms with Crippen LogP contribution in [0.4, 0.5) is 0 Å². The van der Waals surface area contributed by atoms with E-state index in [1.165, 1.54) is 31.4 Å². The van der Waals surface area contributed by atoms with E-state index in [0.29, 0.717) is 0 Å². The van der Waals surface area contributed by atoms with E-state index in [1.807, 2.05) is 0 Å². The first kappa shape index (κ1) is 7.17. The topological polar surface area (TPSA) is 29.3 Å². The van der Waals surface area contributed by atoms with Gasteiger partial charge in [0.2, 0.25) is 0 Å². The Morgan fingerprint density at radius 2 is 2.36 bits per heavy atom. The van der Waals surface area contributed by atoms with Crippen molar-refractivity contribution in [2.45, 2.75) is 32.2 Å². The van der Waals surface area contributed by atoms with Crippen molar-refractivity contribution >= 4 is 0 Å². The Hall–Kier alpha value is -0.500. The lowest BCUT2D eigenvalue weighted by Gasteiger charge is -2.30. The van der Waals surface area contributed by atoms with Gasteiger partial charge in [0.05, 0.1) is 0 Å². The van der Waals surface area contributed by atoms with Crippen LogP contribution in [0, 0.1) is 0 Å². The molecule has 0 amide bonds. The zero-order chi connectivity index (χ0) is 7.84. The van der Waals surface area contributed by atoms with E-state index in [4.69, 9.17) is 5.73 Å². The molecule has 0 saturated carbocycles. The molecule has 0 aromatic rings. The van der Waals surface area contributed by atoms with Crippen LogP contribution in [-0.2, 0) is 0 Å². The lowest BCUT2D eigenvalue weighted by Crippen LogP contribution is -2.37. The maximum absolute atomic E-state index is 5.87. The third-order valence-corrected chi connectivity index (χ3v) is 2.96. The summed E-state index contributed by atoms with van der Waals surface area (Å²) >= 11 is 0. The highest BCUT2D eigenvalue weighted by Gasteiger charge is 2.28. The van der Waals surface area contributed by atoms with Crippen molar-refractivity contribution in [1.82, 2.24) is 4.90 Å². The molecule has 2 nitrogen and oxygen atoms in total. The fourth-order valence-corrected chi connectivity index (χ4v) is 2.17. The highest BCUT2D eigenvalue weighted by molar-refractivity contribution is 5.16. The van der Waals surface area contributed by atoms with Gasteiger partial charge < -0.3 is 5.73 Å². The first-order valence-corrected chi connectivity index (χ1v) is 4.45. The van der Waals surface area contributed by atoms with Gasteiger partial charge in [-0.1, -0.05) is 5.57 Å². The van der Waals surface area contributed by atoms with Crippen LogP contribution in [0.3, 0.4) is 0 Å². The molecule has 0 aromatic heterocycles. The summed E-state index contributed by atoms with van der Waals surface area (Å²) in [5, 5.41) is 0. The molecule has 2 aliphatic heterocycles. The predicted octanol–water partition coefficient (Wildman–Crippen LogP) is 1.09. The molecule has 0 aromatic carbocycles. The summed E-state index contributed by atoms with van der Waals surface area (Å²) < 4.78 is 0. The zero-order valence-electron chi connectivity index (χ0n) is 7.14. The second-order valence-corrected chi connectivity index (χ2v) is 3.78. The summed E-state index contributed by atoms with van der Waals surface area (Å²) in [6.45, 7) is 4.46. The summed E-state index contributed by atoms with van der Waals surface area (Å²) in [5.41, 5.74) is 8.41. The molecule has 2 heterocycles. The molecule has 1 saturated heterocycles. The van der Waals surface area contributed by atoms with Crippen LogP contribution in [-0.4, -0.2) is 24.0 Å². The first-order chi connectivity index (χ1) is 5.27. The van der Waals surface area contributed by atoms with Crippen molar-refractivity contribution < 1.29 is 0 Å². The zero-order valence-corrected chi connectivity index (χ0v) is 7.14. The van der Waals surface area contributed by atoms with Gasteiger partial charge in [-0.05, 0) is 32.7 Å². The van der Waals surface area contributed by atoms with Crippen molar-refractivity contribution in [2.75, 3.05) is 13.1 Å². The van der Waals surface area contributed by atoms with Gasteiger partial charge in [0.1, 0.15) is 0 Å². The summed E-state index contributed by atoms with van der Waals surface area (Å²) in [6.07, 6.45) is 3.96. The first-order valence-electron chi connectivity index (χ1n) is 4.45. The van der Waals surface area contributed by atoms with Crippen LogP contribution in [0.25, 0.3) is 0 Å². The number of rotatable bonds is 0. The van der Waals surface area contributed by atoms with Crippen molar-refractivity contribution in [3.63, 3.8) is 0 Å². The predicted molar refractivity (Wildman–Crippen MR) is 46.1 cm³/mol. The van der Waals surface area contributed by atoms with Crippen LogP contribution in [0.1, 0.15) is 26.2 Å². The standard InChI is InChI=1S/C9H16N2/c1-7-5-8-3-2-4-11(8)6-9(7)10/h8H,2-6,10H2,1H3. The van der Waals surface area contributed by atoms with E-state index in [1.54, 1.807) is 0 Å². The minimum atomic E-state index is 0.822. The Labute approximate surface area is 68.1 Å². The highest BCUT2D eigenvalue weighted by atomic mass is 15.2.